The minimum absolute atomic E-state index is 1.11. The van der Waals surface area contributed by atoms with Crippen LogP contribution in [0.25, 0.3) is 0 Å². The monoisotopic (exact) mass is 402 g/mol. The van der Waals surface area contributed by atoms with E-state index in [1.807, 2.05) is 0 Å². The Hall–Kier alpha value is -2.02. The van der Waals surface area contributed by atoms with Crippen molar-refractivity contribution in [3.63, 3.8) is 0 Å². The molecule has 0 nitrogen and oxygen atoms in total. The number of rotatable bonds is 6. The molecule has 0 fully saturated rings. The van der Waals surface area contributed by atoms with E-state index in [-0.39, 0.29) is 0 Å². The molecule has 2 aliphatic carbocycles. The van der Waals surface area contributed by atoms with Crippen LogP contribution in [0.4, 0.5) is 0 Å². The molecule has 4 rings (SSSR count). The van der Waals surface area contributed by atoms with E-state index in [2.05, 4.69) is 111 Å². The third-order valence-electron chi connectivity index (χ3n) is 7.17. The first kappa shape index (κ1) is 19.3. The van der Waals surface area contributed by atoms with Gasteiger partial charge in [0.1, 0.15) is 0 Å². The van der Waals surface area contributed by atoms with Crippen LogP contribution in [-0.4, -0.2) is 3.81 Å². The van der Waals surface area contributed by atoms with Crippen molar-refractivity contribution in [3.05, 3.63) is 116 Å². The maximum absolute atomic E-state index is 3.48. The average Bonchev–Trinajstić information content (AvgIpc) is 3.44. The summed E-state index contributed by atoms with van der Waals surface area (Å²) in [5.41, 5.74) is 2.97. The van der Waals surface area contributed by atoms with Crippen molar-refractivity contribution in [1.82, 2.24) is 0 Å². The fourth-order valence-corrected chi connectivity index (χ4v) is 18.0. The fourth-order valence-electron chi connectivity index (χ4n) is 5.60. The summed E-state index contributed by atoms with van der Waals surface area (Å²) >= 11 is -3.48. The fraction of sp³-hybridized carbons (Fsp3) is 0.222. The maximum atomic E-state index is 2.47. The SMILES string of the molecule is C[C](C)=[Ti]([CH2]c1ccccc1)([CH2]c1ccccc1)([C]1=CC=CC1)[C]1=CC=CC1. The third kappa shape index (κ3) is 3.09. The molecule has 2 aromatic rings. The molecule has 1 heteroatoms. The molecule has 0 saturated heterocycles. The Morgan fingerprint density at radius 1 is 0.679 bits per heavy atom. The first-order valence-electron chi connectivity index (χ1n) is 10.4. The molecule has 0 bridgehead atoms. The van der Waals surface area contributed by atoms with Gasteiger partial charge in [-0.25, -0.2) is 0 Å². The van der Waals surface area contributed by atoms with E-state index < -0.39 is 14.8 Å². The van der Waals surface area contributed by atoms with Crippen molar-refractivity contribution in [3.8, 4) is 0 Å². The van der Waals surface area contributed by atoms with Gasteiger partial charge in [0, 0.05) is 0 Å². The van der Waals surface area contributed by atoms with Crippen LogP contribution < -0.4 is 0 Å². The third-order valence-corrected chi connectivity index (χ3v) is 20.7. The summed E-state index contributed by atoms with van der Waals surface area (Å²) in [6.07, 6.45) is 16.5. The minimum atomic E-state index is -3.48. The summed E-state index contributed by atoms with van der Waals surface area (Å²) in [4.78, 5) is 0. The number of hydrogen-bond donors (Lipinski definition) is 0. The van der Waals surface area contributed by atoms with E-state index in [0.717, 1.165) is 12.8 Å². The molecular weight excluding hydrogens is 372 g/mol. The van der Waals surface area contributed by atoms with Gasteiger partial charge in [0.15, 0.2) is 0 Å². The van der Waals surface area contributed by atoms with E-state index in [1.54, 1.807) is 11.6 Å². The first-order valence-corrected chi connectivity index (χ1v) is 15.0. The van der Waals surface area contributed by atoms with Gasteiger partial charge in [-0.3, -0.25) is 0 Å². The Morgan fingerprint density at radius 3 is 1.43 bits per heavy atom. The molecule has 2 aliphatic rings. The van der Waals surface area contributed by atoms with Gasteiger partial charge in [-0.2, -0.15) is 0 Å². The van der Waals surface area contributed by atoms with Gasteiger partial charge in [0.05, 0.1) is 0 Å². The zero-order valence-electron chi connectivity index (χ0n) is 17.1. The van der Waals surface area contributed by atoms with Gasteiger partial charge in [-0.05, 0) is 0 Å². The second kappa shape index (κ2) is 7.78. The summed E-state index contributed by atoms with van der Waals surface area (Å²) in [7, 11) is 0. The van der Waals surface area contributed by atoms with Crippen LogP contribution in [0.3, 0.4) is 0 Å². The molecule has 142 valence electrons. The Labute approximate surface area is 170 Å². The van der Waals surface area contributed by atoms with E-state index in [1.165, 1.54) is 20.6 Å². The van der Waals surface area contributed by atoms with Crippen LogP contribution in [0.2, 0.25) is 0 Å². The molecule has 0 atom stereocenters. The van der Waals surface area contributed by atoms with Gasteiger partial charge < -0.3 is 0 Å². The Morgan fingerprint density at radius 2 is 1.11 bits per heavy atom. The topological polar surface area (TPSA) is 0 Å². The van der Waals surface area contributed by atoms with Crippen LogP contribution in [0.1, 0.15) is 37.8 Å². The standard InChI is InChI=1S/2C7H7.2C5H5.C3H6.Ti/c2*1-7-5-3-2-4-6-7;2*1-2-4-5-3-1;1-3-2;/h2*2-6H,1H2;2*1-3H,4H2;1-2H3;. The van der Waals surface area contributed by atoms with Gasteiger partial charge in [0.2, 0.25) is 0 Å². The Balaban J connectivity index is 2.03. The van der Waals surface area contributed by atoms with Crippen LogP contribution in [0, 0.1) is 0 Å². The molecule has 0 radical (unpaired) electrons. The second-order valence-corrected chi connectivity index (χ2v) is 18.6. The van der Waals surface area contributed by atoms with Gasteiger partial charge in [-0.1, -0.05) is 0 Å². The van der Waals surface area contributed by atoms with Crippen LogP contribution >= 0.6 is 0 Å². The molecule has 0 saturated carbocycles. The van der Waals surface area contributed by atoms with Gasteiger partial charge in [-0.15, -0.1) is 0 Å². The normalized spacial score (nSPS) is 16.2. The molecule has 0 aliphatic heterocycles. The van der Waals surface area contributed by atoms with E-state index >= 15 is 0 Å². The van der Waals surface area contributed by atoms with Crippen molar-refractivity contribution < 1.29 is 14.8 Å². The Kier molecular flexibility index (Phi) is 5.36. The zero-order chi connectivity index (χ0) is 19.5. The molecule has 0 spiro atoms. The summed E-state index contributed by atoms with van der Waals surface area (Å²) in [6, 6.07) is 22.4. The average molecular weight is 402 g/mol. The summed E-state index contributed by atoms with van der Waals surface area (Å²) in [6.45, 7) is 4.86. The predicted octanol–water partition coefficient (Wildman–Crippen LogP) is 6.98. The number of benzene rings is 2. The molecule has 0 amide bonds. The van der Waals surface area contributed by atoms with Gasteiger partial charge in [0.25, 0.3) is 0 Å². The number of hydrogen-bond acceptors (Lipinski definition) is 0. The van der Waals surface area contributed by atoms with Gasteiger partial charge >= 0.3 is 171 Å². The second-order valence-electron chi connectivity index (χ2n) is 8.66. The van der Waals surface area contributed by atoms with E-state index in [4.69, 9.17) is 0 Å². The van der Waals surface area contributed by atoms with Crippen LogP contribution in [-0.2, 0) is 24.3 Å². The summed E-state index contributed by atoms with van der Waals surface area (Å²) in [5.74, 6) is 0. The van der Waals surface area contributed by atoms with Crippen molar-refractivity contribution in [2.45, 2.75) is 36.1 Å². The van der Waals surface area contributed by atoms with Crippen molar-refractivity contribution >= 4 is 3.81 Å². The molecular formula is C27H30Ti. The molecule has 2 aromatic carbocycles. The van der Waals surface area contributed by atoms with Crippen molar-refractivity contribution in [1.29, 1.82) is 0 Å². The summed E-state index contributed by atoms with van der Waals surface area (Å²) in [5, 5.41) is 0. The van der Waals surface area contributed by atoms with Crippen molar-refractivity contribution in [2.75, 3.05) is 0 Å². The molecule has 0 N–H and O–H groups in total. The van der Waals surface area contributed by atoms with Crippen LogP contribution in [0.15, 0.2) is 105 Å². The van der Waals surface area contributed by atoms with Crippen LogP contribution in [0.5, 0.6) is 0 Å². The van der Waals surface area contributed by atoms with Crippen molar-refractivity contribution in [2.24, 2.45) is 0 Å². The quantitative estimate of drug-likeness (QED) is 0.458. The molecule has 28 heavy (non-hydrogen) atoms. The zero-order valence-corrected chi connectivity index (χ0v) is 18.6. The Bertz CT molecular complexity index is 958. The molecule has 0 unspecified atom stereocenters. The van der Waals surface area contributed by atoms with E-state index in [0.29, 0.717) is 0 Å². The number of allylic oxidation sites excluding steroid dienone is 8. The van der Waals surface area contributed by atoms with E-state index in [9.17, 15) is 0 Å². The summed E-state index contributed by atoms with van der Waals surface area (Å²) < 4.78 is 7.50. The molecule has 0 aromatic heterocycles. The predicted molar refractivity (Wildman–Crippen MR) is 120 cm³/mol. The molecule has 0 heterocycles. The first-order chi connectivity index (χ1) is 13.6.